The number of aromatic nitrogens is 2. The number of hydrogen-bond acceptors (Lipinski definition) is 3. The van der Waals surface area contributed by atoms with Gasteiger partial charge in [0, 0.05) is 28.5 Å². The van der Waals surface area contributed by atoms with E-state index in [4.69, 9.17) is 0 Å². The summed E-state index contributed by atoms with van der Waals surface area (Å²) in [4.78, 5) is 7.11. The molecule has 3 rings (SSSR count). The monoisotopic (exact) mass is 261 g/mol. The van der Waals surface area contributed by atoms with Crippen molar-refractivity contribution in [3.05, 3.63) is 39.6 Å². The lowest BCUT2D eigenvalue weighted by atomic mass is 10.3. The normalized spacial score (nSPS) is 15.2. The van der Waals surface area contributed by atoms with Crippen molar-refractivity contribution in [2.24, 2.45) is 0 Å². The first-order chi connectivity index (χ1) is 8.72. The highest BCUT2D eigenvalue weighted by atomic mass is 32.1. The van der Waals surface area contributed by atoms with Crippen molar-refractivity contribution in [1.29, 1.82) is 0 Å². The van der Waals surface area contributed by atoms with Gasteiger partial charge in [0.05, 0.1) is 18.6 Å². The van der Waals surface area contributed by atoms with Crippen molar-refractivity contribution in [2.75, 3.05) is 0 Å². The molecule has 1 aliphatic carbocycles. The molecule has 2 heterocycles. The van der Waals surface area contributed by atoms with Gasteiger partial charge >= 0.3 is 0 Å². The van der Waals surface area contributed by atoms with E-state index in [2.05, 4.69) is 34.8 Å². The van der Waals surface area contributed by atoms with E-state index in [1.807, 2.05) is 23.9 Å². The van der Waals surface area contributed by atoms with Crippen molar-refractivity contribution >= 4 is 11.3 Å². The smallest absolute Gasteiger partial charge is 0.0952 e. The number of nitrogens with zero attached hydrogens (tertiary/aromatic N) is 2. The largest absolute Gasteiger partial charge is 0.328 e. The second kappa shape index (κ2) is 4.86. The van der Waals surface area contributed by atoms with Crippen LogP contribution in [0, 0.1) is 13.8 Å². The zero-order valence-corrected chi connectivity index (χ0v) is 11.8. The molecule has 0 bridgehead atoms. The minimum atomic E-state index is 0.750. The molecule has 96 valence electrons. The lowest BCUT2D eigenvalue weighted by Gasteiger charge is -2.07. The molecule has 0 amide bonds. The van der Waals surface area contributed by atoms with Crippen LogP contribution in [0.1, 0.15) is 33.9 Å². The first-order valence-electron chi connectivity index (χ1n) is 6.50. The minimum absolute atomic E-state index is 0.750. The summed E-state index contributed by atoms with van der Waals surface area (Å²) >= 11 is 1.89. The van der Waals surface area contributed by atoms with E-state index in [0.29, 0.717) is 0 Å². The van der Waals surface area contributed by atoms with Crippen molar-refractivity contribution in [3.63, 3.8) is 0 Å². The van der Waals surface area contributed by atoms with Crippen LogP contribution >= 0.6 is 11.3 Å². The molecule has 3 nitrogen and oxygen atoms in total. The predicted octanol–water partition coefficient (Wildman–Crippen LogP) is 2.86. The molecule has 0 aliphatic heterocycles. The number of rotatable bonds is 5. The summed E-state index contributed by atoms with van der Waals surface area (Å²) in [6.07, 6.45) is 6.58. The SMILES string of the molecule is Cc1cc(Cn2cncc2CNC2CC2)sc1C. The van der Waals surface area contributed by atoms with Crippen LogP contribution in [-0.4, -0.2) is 15.6 Å². The molecule has 2 aromatic heterocycles. The average Bonchev–Trinajstić information content (AvgIpc) is 2.99. The molecular formula is C14H19N3S. The molecule has 0 aromatic carbocycles. The maximum absolute atomic E-state index is 4.27. The lowest BCUT2D eigenvalue weighted by Crippen LogP contribution is -2.18. The maximum Gasteiger partial charge on any atom is 0.0952 e. The Hall–Kier alpha value is -1.13. The van der Waals surface area contributed by atoms with Gasteiger partial charge in [-0.15, -0.1) is 11.3 Å². The fourth-order valence-electron chi connectivity index (χ4n) is 2.07. The fraction of sp³-hybridized carbons (Fsp3) is 0.500. The number of thiophene rings is 1. The molecule has 0 unspecified atom stereocenters. The molecular weight excluding hydrogens is 242 g/mol. The van der Waals surface area contributed by atoms with Crippen molar-refractivity contribution in [3.8, 4) is 0 Å². The maximum atomic E-state index is 4.27. The van der Waals surface area contributed by atoms with E-state index in [1.165, 1.54) is 33.9 Å². The number of imidazole rings is 1. The van der Waals surface area contributed by atoms with Gasteiger partial charge in [0.2, 0.25) is 0 Å². The Morgan fingerprint density at radius 2 is 2.28 bits per heavy atom. The summed E-state index contributed by atoms with van der Waals surface area (Å²) in [7, 11) is 0. The van der Waals surface area contributed by atoms with E-state index in [9.17, 15) is 0 Å². The van der Waals surface area contributed by atoms with Gasteiger partial charge in [-0.1, -0.05) is 0 Å². The van der Waals surface area contributed by atoms with Gasteiger partial charge in [0.25, 0.3) is 0 Å². The van der Waals surface area contributed by atoms with Crippen molar-refractivity contribution < 1.29 is 0 Å². The Balaban J connectivity index is 1.69. The standard InChI is InChI=1S/C14H19N3S/c1-10-5-14(18-11(10)2)8-17-9-15-6-13(17)7-16-12-3-4-12/h5-6,9,12,16H,3-4,7-8H2,1-2H3. The molecule has 0 spiro atoms. The second-order valence-corrected chi connectivity index (χ2v) is 6.46. The van der Waals surface area contributed by atoms with Crippen LogP contribution in [0.25, 0.3) is 0 Å². The van der Waals surface area contributed by atoms with E-state index in [1.54, 1.807) is 0 Å². The third kappa shape index (κ3) is 2.65. The second-order valence-electron chi connectivity index (χ2n) is 5.12. The van der Waals surface area contributed by atoms with Crippen LogP contribution in [0.15, 0.2) is 18.6 Å². The van der Waals surface area contributed by atoms with Gasteiger partial charge in [0.1, 0.15) is 0 Å². The average molecular weight is 261 g/mol. The number of hydrogen-bond donors (Lipinski definition) is 1. The van der Waals surface area contributed by atoms with Crippen LogP contribution in [0.4, 0.5) is 0 Å². The summed E-state index contributed by atoms with van der Waals surface area (Å²) < 4.78 is 2.25. The summed E-state index contributed by atoms with van der Waals surface area (Å²) in [6, 6.07) is 3.04. The van der Waals surface area contributed by atoms with Crippen LogP contribution in [0.3, 0.4) is 0 Å². The molecule has 1 N–H and O–H groups in total. The molecule has 4 heteroatoms. The van der Waals surface area contributed by atoms with Gasteiger partial charge in [0.15, 0.2) is 0 Å². The zero-order valence-electron chi connectivity index (χ0n) is 10.9. The molecule has 2 aromatic rings. The zero-order chi connectivity index (χ0) is 12.5. The number of nitrogens with one attached hydrogen (secondary N) is 1. The topological polar surface area (TPSA) is 29.9 Å². The highest BCUT2D eigenvalue weighted by molar-refractivity contribution is 7.12. The van der Waals surface area contributed by atoms with Gasteiger partial charge < -0.3 is 9.88 Å². The quantitative estimate of drug-likeness (QED) is 0.897. The molecule has 1 fully saturated rings. The summed E-state index contributed by atoms with van der Waals surface area (Å²) in [6.45, 7) is 6.25. The Morgan fingerprint density at radius 3 is 2.94 bits per heavy atom. The van der Waals surface area contributed by atoms with Crippen molar-refractivity contribution in [1.82, 2.24) is 14.9 Å². The minimum Gasteiger partial charge on any atom is -0.328 e. The van der Waals surface area contributed by atoms with Crippen LogP contribution in [-0.2, 0) is 13.1 Å². The predicted molar refractivity (Wildman–Crippen MR) is 75.0 cm³/mol. The number of aryl methyl sites for hydroxylation is 2. The van der Waals surface area contributed by atoms with Gasteiger partial charge in [-0.3, -0.25) is 0 Å². The van der Waals surface area contributed by atoms with Crippen LogP contribution < -0.4 is 5.32 Å². The Labute approximate surface area is 112 Å². The fourth-order valence-corrected chi connectivity index (χ4v) is 3.12. The molecule has 0 radical (unpaired) electrons. The summed E-state index contributed by atoms with van der Waals surface area (Å²) in [5, 5.41) is 3.54. The summed E-state index contributed by atoms with van der Waals surface area (Å²) in [5.41, 5.74) is 2.68. The van der Waals surface area contributed by atoms with E-state index in [-0.39, 0.29) is 0 Å². The van der Waals surface area contributed by atoms with Crippen molar-refractivity contribution in [2.45, 2.75) is 45.8 Å². The van der Waals surface area contributed by atoms with Gasteiger partial charge in [-0.25, -0.2) is 4.98 Å². The summed E-state index contributed by atoms with van der Waals surface area (Å²) in [5.74, 6) is 0. The van der Waals surface area contributed by atoms with Crippen LogP contribution in [0.2, 0.25) is 0 Å². The molecule has 1 aliphatic rings. The van der Waals surface area contributed by atoms with Gasteiger partial charge in [-0.05, 0) is 38.3 Å². The molecule has 0 saturated heterocycles. The highest BCUT2D eigenvalue weighted by Crippen LogP contribution is 2.22. The van der Waals surface area contributed by atoms with E-state index >= 15 is 0 Å². The third-order valence-electron chi connectivity index (χ3n) is 3.49. The lowest BCUT2D eigenvalue weighted by molar-refractivity contribution is 0.636. The molecule has 18 heavy (non-hydrogen) atoms. The van der Waals surface area contributed by atoms with Crippen LogP contribution in [0.5, 0.6) is 0 Å². The van der Waals surface area contributed by atoms with Gasteiger partial charge in [-0.2, -0.15) is 0 Å². The Kier molecular flexibility index (Phi) is 3.22. The third-order valence-corrected chi connectivity index (χ3v) is 4.63. The first-order valence-corrected chi connectivity index (χ1v) is 7.32. The first kappa shape index (κ1) is 11.9. The van der Waals surface area contributed by atoms with E-state index < -0.39 is 0 Å². The Morgan fingerprint density at radius 1 is 1.44 bits per heavy atom. The molecule has 1 saturated carbocycles. The Bertz CT molecular complexity index is 517. The highest BCUT2D eigenvalue weighted by Gasteiger charge is 2.20. The molecule has 0 atom stereocenters. The van der Waals surface area contributed by atoms with E-state index in [0.717, 1.165) is 19.1 Å².